The van der Waals surface area contributed by atoms with Crippen LogP contribution in [0.4, 0.5) is 13.2 Å². The summed E-state index contributed by atoms with van der Waals surface area (Å²) >= 11 is 3.18. The fraction of sp³-hybridized carbons (Fsp3) is 0.700. The zero-order valence-electron chi connectivity index (χ0n) is 9.34. The summed E-state index contributed by atoms with van der Waals surface area (Å²) in [5, 5.41) is 13.8. The van der Waals surface area contributed by atoms with Crippen molar-refractivity contribution >= 4 is 15.9 Å². The predicted octanol–water partition coefficient (Wildman–Crippen LogP) is 3.43. The lowest BCUT2D eigenvalue weighted by Crippen LogP contribution is -2.14. The molecule has 0 bridgehead atoms. The summed E-state index contributed by atoms with van der Waals surface area (Å²) in [5.41, 5.74) is 0.413. The van der Waals surface area contributed by atoms with Gasteiger partial charge in [-0.15, -0.1) is 0 Å². The Hall–Kier alpha value is -0.560. The van der Waals surface area contributed by atoms with E-state index >= 15 is 0 Å². The van der Waals surface area contributed by atoms with Crippen LogP contribution in [0.1, 0.15) is 38.0 Å². The first-order chi connectivity index (χ1) is 7.85. The van der Waals surface area contributed by atoms with Gasteiger partial charge in [-0.2, -0.15) is 18.3 Å². The second-order valence-corrected chi connectivity index (χ2v) is 4.62. The zero-order valence-corrected chi connectivity index (χ0v) is 10.9. The highest BCUT2D eigenvalue weighted by molar-refractivity contribution is 9.10. The maximum atomic E-state index is 12.1. The molecule has 3 nitrogen and oxygen atoms in total. The van der Waals surface area contributed by atoms with Crippen molar-refractivity contribution < 1.29 is 18.3 Å². The van der Waals surface area contributed by atoms with Crippen molar-refractivity contribution in [2.24, 2.45) is 0 Å². The molecule has 0 saturated heterocycles. The van der Waals surface area contributed by atoms with Gasteiger partial charge in [-0.3, -0.25) is 4.68 Å². The maximum absolute atomic E-state index is 12.1. The van der Waals surface area contributed by atoms with E-state index in [-0.39, 0.29) is 6.42 Å². The van der Waals surface area contributed by atoms with E-state index in [4.69, 9.17) is 0 Å². The number of rotatable bonds is 5. The third-order valence-electron chi connectivity index (χ3n) is 2.29. The minimum Gasteiger partial charge on any atom is -0.387 e. The Kier molecular flexibility index (Phi) is 5.00. The van der Waals surface area contributed by atoms with Gasteiger partial charge in [0.25, 0.3) is 0 Å². The van der Waals surface area contributed by atoms with E-state index in [2.05, 4.69) is 21.0 Å². The SMILES string of the molecule is CCCn1ncc(Br)c1C(O)CCC(F)(F)F. The van der Waals surface area contributed by atoms with Crippen molar-refractivity contribution in [3.05, 3.63) is 16.4 Å². The van der Waals surface area contributed by atoms with Crippen LogP contribution in [0.2, 0.25) is 0 Å². The van der Waals surface area contributed by atoms with Gasteiger partial charge >= 0.3 is 6.18 Å². The summed E-state index contributed by atoms with van der Waals surface area (Å²) in [4.78, 5) is 0. The summed E-state index contributed by atoms with van der Waals surface area (Å²) in [6.07, 6.45) is -4.46. The molecule has 1 aromatic heterocycles. The van der Waals surface area contributed by atoms with Crippen molar-refractivity contribution in [2.45, 2.75) is 45.0 Å². The molecule has 0 amide bonds. The van der Waals surface area contributed by atoms with Crippen LogP contribution in [0.5, 0.6) is 0 Å². The molecule has 1 unspecified atom stereocenters. The van der Waals surface area contributed by atoms with Gasteiger partial charge in [0.05, 0.1) is 22.5 Å². The van der Waals surface area contributed by atoms with E-state index in [1.165, 1.54) is 10.9 Å². The van der Waals surface area contributed by atoms with E-state index in [1.54, 1.807) is 0 Å². The Morgan fingerprint density at radius 3 is 2.71 bits per heavy atom. The van der Waals surface area contributed by atoms with Crippen molar-refractivity contribution in [2.75, 3.05) is 0 Å². The Morgan fingerprint density at radius 1 is 1.53 bits per heavy atom. The number of alkyl halides is 3. The highest BCUT2D eigenvalue weighted by atomic mass is 79.9. The molecule has 1 aromatic rings. The molecule has 1 heterocycles. The zero-order chi connectivity index (χ0) is 13.1. The van der Waals surface area contributed by atoms with Gasteiger partial charge in [0.15, 0.2) is 0 Å². The summed E-state index contributed by atoms with van der Waals surface area (Å²) in [5.74, 6) is 0. The van der Waals surface area contributed by atoms with Crippen LogP contribution in [-0.4, -0.2) is 21.1 Å². The Labute approximate surface area is 106 Å². The first kappa shape index (κ1) is 14.5. The van der Waals surface area contributed by atoms with Gasteiger partial charge in [-0.1, -0.05) is 6.92 Å². The van der Waals surface area contributed by atoms with Crippen LogP contribution in [0, 0.1) is 0 Å². The van der Waals surface area contributed by atoms with Crippen molar-refractivity contribution in [1.29, 1.82) is 0 Å². The number of aliphatic hydroxyl groups is 1. The molecule has 1 N–H and O–H groups in total. The quantitative estimate of drug-likeness (QED) is 0.904. The lowest BCUT2D eigenvalue weighted by atomic mass is 10.1. The van der Waals surface area contributed by atoms with Crippen molar-refractivity contribution in [1.82, 2.24) is 9.78 Å². The smallest absolute Gasteiger partial charge is 0.387 e. The van der Waals surface area contributed by atoms with Crippen LogP contribution in [-0.2, 0) is 6.54 Å². The van der Waals surface area contributed by atoms with Crippen LogP contribution in [0.25, 0.3) is 0 Å². The maximum Gasteiger partial charge on any atom is 0.389 e. The topological polar surface area (TPSA) is 38.0 Å². The van der Waals surface area contributed by atoms with E-state index in [9.17, 15) is 18.3 Å². The van der Waals surface area contributed by atoms with Crippen LogP contribution in [0.15, 0.2) is 10.7 Å². The fourth-order valence-corrected chi connectivity index (χ4v) is 2.09. The number of aliphatic hydroxyl groups excluding tert-OH is 1. The molecule has 7 heteroatoms. The molecule has 0 radical (unpaired) electrons. The average molecular weight is 315 g/mol. The molecule has 0 aliphatic carbocycles. The molecule has 0 aliphatic rings. The van der Waals surface area contributed by atoms with E-state index in [1.807, 2.05) is 6.92 Å². The van der Waals surface area contributed by atoms with Gasteiger partial charge in [-0.25, -0.2) is 0 Å². The van der Waals surface area contributed by atoms with Crippen LogP contribution < -0.4 is 0 Å². The lowest BCUT2D eigenvalue weighted by Gasteiger charge is -2.14. The number of hydrogen-bond acceptors (Lipinski definition) is 2. The second kappa shape index (κ2) is 5.86. The number of nitrogens with zero attached hydrogens (tertiary/aromatic N) is 2. The number of halogens is 4. The van der Waals surface area contributed by atoms with Crippen LogP contribution >= 0.6 is 15.9 Å². The summed E-state index contributed by atoms with van der Waals surface area (Å²) in [7, 11) is 0. The second-order valence-electron chi connectivity index (χ2n) is 3.77. The normalized spacial score (nSPS) is 14.0. The molecule has 0 aromatic carbocycles. The third-order valence-corrected chi connectivity index (χ3v) is 2.90. The molecule has 0 aliphatic heterocycles. The fourth-order valence-electron chi connectivity index (χ4n) is 1.53. The molecular weight excluding hydrogens is 301 g/mol. The monoisotopic (exact) mass is 314 g/mol. The van der Waals surface area contributed by atoms with E-state index in [0.29, 0.717) is 16.7 Å². The van der Waals surface area contributed by atoms with Gasteiger partial charge in [0, 0.05) is 13.0 Å². The van der Waals surface area contributed by atoms with E-state index < -0.39 is 18.7 Å². The van der Waals surface area contributed by atoms with Crippen molar-refractivity contribution in [3.63, 3.8) is 0 Å². The van der Waals surface area contributed by atoms with Gasteiger partial charge < -0.3 is 5.11 Å². The predicted molar refractivity (Wildman–Crippen MR) is 60.5 cm³/mol. The molecule has 0 saturated carbocycles. The summed E-state index contributed by atoms with van der Waals surface area (Å²) < 4.78 is 38.3. The largest absolute Gasteiger partial charge is 0.389 e. The first-order valence-corrected chi connectivity index (χ1v) is 6.10. The molecule has 1 atom stereocenters. The summed E-state index contributed by atoms with van der Waals surface area (Å²) in [6.45, 7) is 2.51. The first-order valence-electron chi connectivity index (χ1n) is 5.31. The van der Waals surface area contributed by atoms with Gasteiger partial charge in [-0.05, 0) is 28.8 Å². The molecule has 98 valence electrons. The standard InChI is InChI=1S/C10H14BrF3N2O/c1-2-5-16-9(7(11)6-15-16)8(17)3-4-10(12,13)14/h6,8,17H,2-5H2,1H3. The lowest BCUT2D eigenvalue weighted by molar-refractivity contribution is -0.140. The molecule has 17 heavy (non-hydrogen) atoms. The Morgan fingerprint density at radius 2 is 2.18 bits per heavy atom. The van der Waals surface area contributed by atoms with Crippen molar-refractivity contribution in [3.8, 4) is 0 Å². The molecule has 1 rings (SSSR count). The van der Waals surface area contributed by atoms with Gasteiger partial charge in [0.2, 0.25) is 0 Å². The molecule has 0 fully saturated rings. The van der Waals surface area contributed by atoms with Gasteiger partial charge in [0.1, 0.15) is 0 Å². The Bertz CT molecular complexity index is 365. The average Bonchev–Trinajstić information content (AvgIpc) is 2.56. The highest BCUT2D eigenvalue weighted by Crippen LogP contribution is 2.30. The Balaban J connectivity index is 2.73. The highest BCUT2D eigenvalue weighted by Gasteiger charge is 2.29. The number of aromatic nitrogens is 2. The minimum atomic E-state index is -4.25. The molecular formula is C10H14BrF3N2O. The van der Waals surface area contributed by atoms with E-state index in [0.717, 1.165) is 6.42 Å². The number of aryl methyl sites for hydroxylation is 1. The number of hydrogen-bond donors (Lipinski definition) is 1. The third kappa shape index (κ3) is 4.31. The minimum absolute atomic E-state index is 0.350. The molecule has 0 spiro atoms. The summed E-state index contributed by atoms with van der Waals surface area (Å²) in [6, 6.07) is 0. The van der Waals surface area contributed by atoms with Crippen LogP contribution in [0.3, 0.4) is 0 Å².